The molecule has 0 saturated carbocycles. The van der Waals surface area contributed by atoms with Crippen LogP contribution in [0.15, 0.2) is 78.9 Å². The first kappa shape index (κ1) is 29.2. The molecule has 0 aliphatic rings. The first-order valence-corrected chi connectivity index (χ1v) is 11.2. The first-order chi connectivity index (χ1) is 17.5. The zero-order valence-corrected chi connectivity index (χ0v) is 20.3. The SMILES string of the molecule is COc1ccc(C(CCN(C)Cc2ccccc2)Oc2ccc(C(F)(F)F)cc2)cc1.O=C(O)C(=O)O. The molecule has 3 aromatic carbocycles. The minimum Gasteiger partial charge on any atom is -0.497 e. The van der Waals surface area contributed by atoms with Crippen molar-refractivity contribution in [2.75, 3.05) is 20.7 Å². The molecule has 1 unspecified atom stereocenters. The number of alkyl halides is 3. The molecule has 1 atom stereocenters. The van der Waals surface area contributed by atoms with Crippen LogP contribution in [0.5, 0.6) is 11.5 Å². The molecule has 0 bridgehead atoms. The van der Waals surface area contributed by atoms with Crippen molar-refractivity contribution in [1.29, 1.82) is 0 Å². The number of methoxy groups -OCH3 is 1. The van der Waals surface area contributed by atoms with Gasteiger partial charge in [0.25, 0.3) is 0 Å². The summed E-state index contributed by atoms with van der Waals surface area (Å²) >= 11 is 0. The average molecular weight is 520 g/mol. The van der Waals surface area contributed by atoms with Gasteiger partial charge in [-0.25, -0.2) is 9.59 Å². The van der Waals surface area contributed by atoms with E-state index in [-0.39, 0.29) is 6.10 Å². The van der Waals surface area contributed by atoms with Crippen molar-refractivity contribution in [3.8, 4) is 11.5 Å². The van der Waals surface area contributed by atoms with Gasteiger partial charge in [-0.05, 0) is 54.6 Å². The molecule has 0 heterocycles. The molecule has 0 spiro atoms. The topological polar surface area (TPSA) is 96.3 Å². The number of hydrogen-bond donors (Lipinski definition) is 2. The largest absolute Gasteiger partial charge is 0.497 e. The van der Waals surface area contributed by atoms with Crippen molar-refractivity contribution in [1.82, 2.24) is 4.90 Å². The molecular weight excluding hydrogens is 491 g/mol. The number of aliphatic carboxylic acids is 2. The summed E-state index contributed by atoms with van der Waals surface area (Å²) in [5, 5.41) is 14.8. The third-order valence-corrected chi connectivity index (χ3v) is 5.20. The Hall–Kier alpha value is -4.05. The van der Waals surface area contributed by atoms with Crippen LogP contribution in [0.2, 0.25) is 0 Å². The van der Waals surface area contributed by atoms with Gasteiger partial charge >= 0.3 is 18.1 Å². The second kappa shape index (κ2) is 13.9. The fraction of sp³-hybridized carbons (Fsp3) is 0.259. The van der Waals surface area contributed by atoms with Crippen molar-refractivity contribution in [2.45, 2.75) is 25.2 Å². The standard InChI is InChI=1S/C25H26F3NO2.C2H2O4/c1-29(18-19-6-4-3-5-7-19)17-16-24(20-8-12-22(30-2)13-9-20)31-23-14-10-21(11-15-23)25(26,27)28;3-1(4)2(5)6/h3-15,24H,16-18H2,1-2H3;(H,3,4)(H,5,6). The highest BCUT2D eigenvalue weighted by Gasteiger charge is 2.30. The number of rotatable bonds is 9. The van der Waals surface area contributed by atoms with Crippen LogP contribution in [0.3, 0.4) is 0 Å². The monoisotopic (exact) mass is 519 g/mol. The molecule has 198 valence electrons. The van der Waals surface area contributed by atoms with Crippen LogP contribution in [0.1, 0.15) is 29.2 Å². The lowest BCUT2D eigenvalue weighted by Crippen LogP contribution is -2.22. The van der Waals surface area contributed by atoms with Crippen molar-refractivity contribution < 1.29 is 42.4 Å². The molecule has 0 aliphatic heterocycles. The van der Waals surface area contributed by atoms with Crippen LogP contribution >= 0.6 is 0 Å². The number of carboxylic acids is 2. The van der Waals surface area contributed by atoms with Gasteiger partial charge in [0, 0.05) is 19.5 Å². The number of nitrogens with zero attached hydrogens (tertiary/aromatic N) is 1. The average Bonchev–Trinajstić information content (AvgIpc) is 2.87. The number of benzene rings is 3. The van der Waals surface area contributed by atoms with E-state index >= 15 is 0 Å². The highest BCUT2D eigenvalue weighted by molar-refractivity contribution is 6.27. The molecule has 3 aromatic rings. The Bertz CT molecular complexity index is 1110. The normalized spacial score (nSPS) is 11.7. The van der Waals surface area contributed by atoms with Crippen LogP contribution in [0.25, 0.3) is 0 Å². The molecule has 3 rings (SSSR count). The van der Waals surface area contributed by atoms with E-state index in [0.717, 1.165) is 36.5 Å². The number of carboxylic acid groups (broad SMARTS) is 2. The second-order valence-electron chi connectivity index (χ2n) is 8.02. The van der Waals surface area contributed by atoms with E-state index < -0.39 is 23.7 Å². The zero-order chi connectivity index (χ0) is 27.4. The van der Waals surface area contributed by atoms with Gasteiger partial charge in [-0.1, -0.05) is 42.5 Å². The predicted molar refractivity (Wildman–Crippen MR) is 130 cm³/mol. The van der Waals surface area contributed by atoms with E-state index in [1.54, 1.807) is 7.11 Å². The van der Waals surface area contributed by atoms with E-state index in [1.165, 1.54) is 17.7 Å². The van der Waals surface area contributed by atoms with E-state index in [2.05, 4.69) is 17.0 Å². The van der Waals surface area contributed by atoms with Gasteiger partial charge in [0.05, 0.1) is 12.7 Å². The van der Waals surface area contributed by atoms with Gasteiger partial charge in [0.1, 0.15) is 17.6 Å². The Labute approximate surface area is 212 Å². The third-order valence-electron chi connectivity index (χ3n) is 5.20. The summed E-state index contributed by atoms with van der Waals surface area (Å²) < 4.78 is 49.9. The molecule has 0 fully saturated rings. The van der Waals surface area contributed by atoms with Crippen molar-refractivity contribution in [3.05, 3.63) is 95.6 Å². The molecule has 37 heavy (non-hydrogen) atoms. The molecule has 0 aromatic heterocycles. The molecule has 0 saturated heterocycles. The Morgan fingerprint density at radius 3 is 1.89 bits per heavy atom. The van der Waals surface area contributed by atoms with Gasteiger partial charge in [0.15, 0.2) is 0 Å². The fourth-order valence-electron chi connectivity index (χ4n) is 3.31. The van der Waals surface area contributed by atoms with Crippen LogP contribution in [0.4, 0.5) is 13.2 Å². The van der Waals surface area contributed by atoms with Gasteiger partial charge < -0.3 is 24.6 Å². The molecular formula is C27H28F3NO6. The van der Waals surface area contributed by atoms with Crippen LogP contribution in [0, 0.1) is 0 Å². The minimum absolute atomic E-state index is 0.305. The number of hydrogen-bond acceptors (Lipinski definition) is 5. The number of ether oxygens (including phenoxy) is 2. The Balaban J connectivity index is 0.000000717. The summed E-state index contributed by atoms with van der Waals surface area (Å²) in [4.78, 5) is 20.4. The Morgan fingerprint density at radius 1 is 0.865 bits per heavy atom. The van der Waals surface area contributed by atoms with Gasteiger partial charge in [-0.2, -0.15) is 13.2 Å². The summed E-state index contributed by atoms with van der Waals surface area (Å²) in [5.74, 6) is -2.51. The summed E-state index contributed by atoms with van der Waals surface area (Å²) in [7, 11) is 3.64. The minimum atomic E-state index is -4.37. The summed E-state index contributed by atoms with van der Waals surface area (Å²) in [5.41, 5.74) is 1.46. The maximum absolute atomic E-state index is 12.8. The van der Waals surface area contributed by atoms with Crippen LogP contribution in [-0.2, 0) is 22.3 Å². The number of carbonyl (C=O) groups is 2. The van der Waals surface area contributed by atoms with Crippen LogP contribution < -0.4 is 9.47 Å². The lowest BCUT2D eigenvalue weighted by Gasteiger charge is -2.24. The molecule has 0 aliphatic carbocycles. The van der Waals surface area contributed by atoms with Crippen LogP contribution in [-0.4, -0.2) is 47.8 Å². The highest BCUT2D eigenvalue weighted by atomic mass is 19.4. The van der Waals surface area contributed by atoms with Crippen molar-refractivity contribution in [3.63, 3.8) is 0 Å². The molecule has 10 heteroatoms. The summed E-state index contributed by atoms with van der Waals surface area (Å²) in [6.45, 7) is 1.56. The molecule has 0 amide bonds. The van der Waals surface area contributed by atoms with E-state index in [0.29, 0.717) is 12.2 Å². The maximum Gasteiger partial charge on any atom is 0.416 e. The van der Waals surface area contributed by atoms with E-state index in [4.69, 9.17) is 29.3 Å². The first-order valence-electron chi connectivity index (χ1n) is 11.2. The van der Waals surface area contributed by atoms with E-state index in [1.807, 2.05) is 49.5 Å². The predicted octanol–water partition coefficient (Wildman–Crippen LogP) is 5.51. The third kappa shape index (κ3) is 10.2. The lowest BCUT2D eigenvalue weighted by molar-refractivity contribution is -0.159. The van der Waals surface area contributed by atoms with Gasteiger partial charge in [-0.3, -0.25) is 0 Å². The maximum atomic E-state index is 12.8. The molecule has 7 nitrogen and oxygen atoms in total. The summed E-state index contributed by atoms with van der Waals surface area (Å²) in [6, 6.07) is 22.5. The Morgan fingerprint density at radius 2 is 1.41 bits per heavy atom. The Kier molecular flexibility index (Phi) is 11.0. The van der Waals surface area contributed by atoms with Gasteiger partial charge in [-0.15, -0.1) is 0 Å². The summed E-state index contributed by atoms with van der Waals surface area (Å²) in [6.07, 6.45) is -3.99. The molecule has 2 N–H and O–H groups in total. The fourth-order valence-corrected chi connectivity index (χ4v) is 3.31. The van der Waals surface area contributed by atoms with Gasteiger partial charge in [0.2, 0.25) is 0 Å². The quantitative estimate of drug-likeness (QED) is 0.360. The lowest BCUT2D eigenvalue weighted by atomic mass is 10.1. The van der Waals surface area contributed by atoms with Crippen molar-refractivity contribution >= 4 is 11.9 Å². The molecule has 0 radical (unpaired) electrons. The second-order valence-corrected chi connectivity index (χ2v) is 8.02. The highest BCUT2D eigenvalue weighted by Crippen LogP contribution is 2.32. The zero-order valence-electron chi connectivity index (χ0n) is 20.3. The number of halogens is 3. The van der Waals surface area contributed by atoms with Crippen molar-refractivity contribution in [2.24, 2.45) is 0 Å². The smallest absolute Gasteiger partial charge is 0.416 e. The van der Waals surface area contributed by atoms with E-state index in [9.17, 15) is 13.2 Å².